The van der Waals surface area contributed by atoms with Crippen LogP contribution >= 0.6 is 0 Å². The first-order valence-corrected chi connectivity index (χ1v) is 4.87. The molecule has 0 saturated heterocycles. The molecule has 2 heteroatoms. The summed E-state index contributed by atoms with van der Waals surface area (Å²) in [6.07, 6.45) is 4.00. The zero-order valence-corrected chi connectivity index (χ0v) is 11.3. The van der Waals surface area contributed by atoms with Gasteiger partial charge in [0.25, 0.3) is 0 Å². The first-order chi connectivity index (χ1) is 7.34. The fourth-order valence-electron chi connectivity index (χ4n) is 1.39. The predicted molar refractivity (Wildman–Crippen MR) is 63.5 cm³/mol. The topological polar surface area (TPSA) is 20.2 Å². The summed E-state index contributed by atoms with van der Waals surface area (Å²) in [4.78, 5) is 0. The van der Waals surface area contributed by atoms with Crippen molar-refractivity contribution in [2.75, 3.05) is 0 Å². The van der Waals surface area contributed by atoms with Crippen molar-refractivity contribution in [1.29, 1.82) is 0 Å². The standard InChI is InChI=1S/C14H12O.Na/c15-14-8-4-7-13(11-14)10-9-12-5-2-1-3-6-12;/h1-11,15H;/q;+1/b10-9+;. The van der Waals surface area contributed by atoms with E-state index in [1.807, 2.05) is 54.6 Å². The molecule has 0 aliphatic rings. The van der Waals surface area contributed by atoms with Gasteiger partial charge in [-0.2, -0.15) is 0 Å². The number of benzene rings is 2. The smallest absolute Gasteiger partial charge is 0.508 e. The molecule has 1 N–H and O–H groups in total. The van der Waals surface area contributed by atoms with Crippen molar-refractivity contribution in [3.05, 3.63) is 65.7 Å². The van der Waals surface area contributed by atoms with Crippen molar-refractivity contribution < 1.29 is 34.7 Å². The van der Waals surface area contributed by atoms with Crippen LogP contribution in [0.1, 0.15) is 11.1 Å². The molecule has 0 bridgehead atoms. The summed E-state index contributed by atoms with van der Waals surface area (Å²) in [6.45, 7) is 0. The van der Waals surface area contributed by atoms with Crippen LogP contribution < -0.4 is 29.6 Å². The fraction of sp³-hybridized carbons (Fsp3) is 0. The molecule has 0 aliphatic heterocycles. The van der Waals surface area contributed by atoms with Crippen molar-refractivity contribution in [2.24, 2.45) is 0 Å². The van der Waals surface area contributed by atoms with E-state index in [0.717, 1.165) is 11.1 Å². The Kier molecular flexibility index (Phi) is 5.33. The fourth-order valence-corrected chi connectivity index (χ4v) is 1.39. The van der Waals surface area contributed by atoms with Crippen LogP contribution in [0, 0.1) is 0 Å². The molecule has 2 aromatic carbocycles. The first-order valence-electron chi connectivity index (χ1n) is 4.87. The zero-order valence-electron chi connectivity index (χ0n) is 9.30. The van der Waals surface area contributed by atoms with E-state index in [9.17, 15) is 5.11 Å². The molecular weight excluding hydrogens is 207 g/mol. The molecule has 16 heavy (non-hydrogen) atoms. The molecule has 0 saturated carbocycles. The first kappa shape index (κ1) is 13.0. The number of hydrogen-bond donors (Lipinski definition) is 1. The van der Waals surface area contributed by atoms with Gasteiger partial charge in [-0.15, -0.1) is 0 Å². The van der Waals surface area contributed by atoms with E-state index in [2.05, 4.69) is 0 Å². The van der Waals surface area contributed by atoms with E-state index in [1.165, 1.54) is 0 Å². The second-order valence-corrected chi connectivity index (χ2v) is 3.34. The monoisotopic (exact) mass is 219 g/mol. The Hall–Kier alpha value is -1.02. The summed E-state index contributed by atoms with van der Waals surface area (Å²) >= 11 is 0. The van der Waals surface area contributed by atoms with E-state index in [-0.39, 0.29) is 29.6 Å². The third kappa shape index (κ3) is 3.86. The average Bonchev–Trinajstić information content (AvgIpc) is 2.28. The van der Waals surface area contributed by atoms with Gasteiger partial charge >= 0.3 is 29.6 Å². The second-order valence-electron chi connectivity index (χ2n) is 3.34. The molecule has 0 aliphatic carbocycles. The summed E-state index contributed by atoms with van der Waals surface area (Å²) in [7, 11) is 0. The summed E-state index contributed by atoms with van der Waals surface area (Å²) < 4.78 is 0. The minimum atomic E-state index is 0. The van der Waals surface area contributed by atoms with Crippen LogP contribution in [-0.2, 0) is 0 Å². The van der Waals surface area contributed by atoms with Crippen LogP contribution in [0.2, 0.25) is 0 Å². The summed E-state index contributed by atoms with van der Waals surface area (Å²) in [6, 6.07) is 17.3. The Bertz CT molecular complexity index is 463. The quantitative estimate of drug-likeness (QED) is 0.578. The van der Waals surface area contributed by atoms with Crippen molar-refractivity contribution >= 4 is 12.2 Å². The Labute approximate surface area is 118 Å². The Morgan fingerprint density at radius 1 is 0.750 bits per heavy atom. The maximum absolute atomic E-state index is 9.28. The molecule has 74 valence electrons. The van der Waals surface area contributed by atoms with Gasteiger partial charge in [0.05, 0.1) is 0 Å². The summed E-state index contributed by atoms with van der Waals surface area (Å²) in [5, 5.41) is 9.28. The minimum Gasteiger partial charge on any atom is -0.508 e. The van der Waals surface area contributed by atoms with E-state index in [4.69, 9.17) is 0 Å². The van der Waals surface area contributed by atoms with E-state index < -0.39 is 0 Å². The van der Waals surface area contributed by atoms with Crippen LogP contribution in [0.25, 0.3) is 12.2 Å². The average molecular weight is 219 g/mol. The molecule has 0 heterocycles. The van der Waals surface area contributed by atoms with Crippen LogP contribution in [-0.4, -0.2) is 5.11 Å². The number of rotatable bonds is 2. The minimum absolute atomic E-state index is 0. The Balaban J connectivity index is 0.00000128. The molecule has 0 amide bonds. The van der Waals surface area contributed by atoms with E-state index >= 15 is 0 Å². The van der Waals surface area contributed by atoms with Gasteiger partial charge in [-0.05, 0) is 23.3 Å². The van der Waals surface area contributed by atoms with Gasteiger partial charge in [0.1, 0.15) is 5.75 Å². The summed E-state index contributed by atoms with van der Waals surface area (Å²) in [5.41, 5.74) is 2.15. The van der Waals surface area contributed by atoms with Gasteiger partial charge < -0.3 is 5.11 Å². The van der Waals surface area contributed by atoms with Crippen molar-refractivity contribution in [1.82, 2.24) is 0 Å². The van der Waals surface area contributed by atoms with Crippen LogP contribution in [0.4, 0.5) is 0 Å². The molecule has 0 fully saturated rings. The van der Waals surface area contributed by atoms with Gasteiger partial charge in [0.15, 0.2) is 0 Å². The Morgan fingerprint density at radius 2 is 1.38 bits per heavy atom. The molecule has 0 radical (unpaired) electrons. The largest absolute Gasteiger partial charge is 1.00 e. The SMILES string of the molecule is Oc1cccc(/C=C/c2ccccc2)c1.[Na+]. The molecule has 0 aromatic heterocycles. The summed E-state index contributed by atoms with van der Waals surface area (Å²) in [5.74, 6) is 0.296. The molecule has 0 spiro atoms. The maximum atomic E-state index is 9.28. The van der Waals surface area contributed by atoms with Gasteiger partial charge in [0.2, 0.25) is 0 Å². The van der Waals surface area contributed by atoms with Crippen LogP contribution in [0.15, 0.2) is 54.6 Å². The van der Waals surface area contributed by atoms with Crippen molar-refractivity contribution in [3.63, 3.8) is 0 Å². The molecule has 0 atom stereocenters. The second kappa shape index (κ2) is 6.54. The molecule has 2 aromatic rings. The Morgan fingerprint density at radius 3 is 2.06 bits per heavy atom. The third-order valence-corrected chi connectivity index (χ3v) is 2.14. The normalized spacial score (nSPS) is 10.0. The van der Waals surface area contributed by atoms with Gasteiger partial charge in [-0.1, -0.05) is 54.6 Å². The number of phenolic OH excluding ortho intramolecular Hbond substituents is 1. The van der Waals surface area contributed by atoms with E-state index in [0.29, 0.717) is 5.75 Å². The number of aromatic hydroxyl groups is 1. The van der Waals surface area contributed by atoms with Gasteiger partial charge in [-0.25, -0.2) is 0 Å². The van der Waals surface area contributed by atoms with Crippen LogP contribution in [0.3, 0.4) is 0 Å². The zero-order chi connectivity index (χ0) is 10.5. The van der Waals surface area contributed by atoms with Crippen molar-refractivity contribution in [2.45, 2.75) is 0 Å². The predicted octanol–water partition coefficient (Wildman–Crippen LogP) is 0.567. The molecule has 0 unspecified atom stereocenters. The maximum Gasteiger partial charge on any atom is 1.00 e. The van der Waals surface area contributed by atoms with Crippen LogP contribution in [0.5, 0.6) is 5.75 Å². The number of hydrogen-bond acceptors (Lipinski definition) is 1. The number of phenols is 1. The molecule has 2 rings (SSSR count). The van der Waals surface area contributed by atoms with Gasteiger partial charge in [0, 0.05) is 0 Å². The van der Waals surface area contributed by atoms with Crippen molar-refractivity contribution in [3.8, 4) is 5.75 Å². The molecule has 1 nitrogen and oxygen atoms in total. The third-order valence-electron chi connectivity index (χ3n) is 2.14. The van der Waals surface area contributed by atoms with E-state index in [1.54, 1.807) is 12.1 Å². The molecular formula is C14H12NaO+. The van der Waals surface area contributed by atoms with Gasteiger partial charge in [-0.3, -0.25) is 0 Å².